The van der Waals surface area contributed by atoms with Crippen molar-refractivity contribution in [3.63, 3.8) is 0 Å². The Morgan fingerprint density at radius 2 is 1.29 bits per heavy atom. The zero-order valence-corrected chi connectivity index (χ0v) is 11.4. The Hall–Kier alpha value is -1.04. The minimum atomic E-state index is 1.21. The number of unbranched alkanes of at least 4 members (excludes halogenated alkanes) is 7. The molecule has 0 fully saturated rings. The molecule has 0 saturated heterocycles. The Bertz CT molecular complexity index is 230. The normalized spacial score (nSPS) is 12.1. The molecular weight excluding hydrogens is 204 g/mol. The van der Waals surface area contributed by atoms with Crippen LogP contribution in [0, 0.1) is 0 Å². The Morgan fingerprint density at radius 1 is 0.706 bits per heavy atom. The lowest BCUT2D eigenvalue weighted by atomic mass is 10.1. The van der Waals surface area contributed by atoms with E-state index in [1.807, 2.05) is 18.2 Å². The van der Waals surface area contributed by atoms with Crippen molar-refractivity contribution in [3.05, 3.63) is 49.1 Å². The molecule has 0 amide bonds. The van der Waals surface area contributed by atoms with Gasteiger partial charge in [-0.25, -0.2) is 0 Å². The SMILES string of the molecule is C=C/C=C/C=C/C=C/CCCCCCCCC. The van der Waals surface area contributed by atoms with Crippen LogP contribution in [0.1, 0.15) is 58.3 Å². The van der Waals surface area contributed by atoms with Gasteiger partial charge in [0.05, 0.1) is 0 Å². The van der Waals surface area contributed by atoms with Crippen molar-refractivity contribution in [2.24, 2.45) is 0 Å². The first kappa shape index (κ1) is 16.0. The molecule has 0 unspecified atom stereocenters. The summed E-state index contributed by atoms with van der Waals surface area (Å²) in [5.41, 5.74) is 0. The summed E-state index contributed by atoms with van der Waals surface area (Å²) in [5, 5.41) is 0. The van der Waals surface area contributed by atoms with Crippen LogP contribution in [0.2, 0.25) is 0 Å². The molecule has 0 heterocycles. The van der Waals surface area contributed by atoms with Gasteiger partial charge in [0.2, 0.25) is 0 Å². The lowest BCUT2D eigenvalue weighted by molar-refractivity contribution is 0.592. The summed E-state index contributed by atoms with van der Waals surface area (Å²) < 4.78 is 0. The maximum atomic E-state index is 3.62. The molecule has 0 rings (SSSR count). The molecule has 0 heteroatoms. The third kappa shape index (κ3) is 15.0. The lowest BCUT2D eigenvalue weighted by Crippen LogP contribution is -1.78. The van der Waals surface area contributed by atoms with E-state index in [1.54, 1.807) is 6.08 Å². The van der Waals surface area contributed by atoms with Crippen molar-refractivity contribution in [2.75, 3.05) is 0 Å². The largest absolute Gasteiger partial charge is 0.0991 e. The van der Waals surface area contributed by atoms with Gasteiger partial charge < -0.3 is 0 Å². The fourth-order valence-electron chi connectivity index (χ4n) is 1.67. The van der Waals surface area contributed by atoms with E-state index in [0.29, 0.717) is 0 Å². The number of allylic oxidation sites excluding steroid dienone is 7. The van der Waals surface area contributed by atoms with E-state index in [2.05, 4.69) is 31.7 Å². The number of hydrogen-bond acceptors (Lipinski definition) is 0. The monoisotopic (exact) mass is 232 g/mol. The maximum absolute atomic E-state index is 3.62. The van der Waals surface area contributed by atoms with Gasteiger partial charge in [0.25, 0.3) is 0 Å². The quantitative estimate of drug-likeness (QED) is 0.303. The first-order valence-corrected chi connectivity index (χ1v) is 7.02. The highest BCUT2D eigenvalue weighted by Crippen LogP contribution is 2.08. The molecule has 0 nitrogen and oxygen atoms in total. The van der Waals surface area contributed by atoms with Crippen LogP contribution in [0.4, 0.5) is 0 Å². The van der Waals surface area contributed by atoms with Gasteiger partial charge in [-0.3, -0.25) is 0 Å². The Balaban J connectivity index is 3.21. The second-order valence-corrected chi connectivity index (χ2v) is 4.34. The predicted octanol–water partition coefficient (Wildman–Crippen LogP) is 5.98. The summed E-state index contributed by atoms with van der Waals surface area (Å²) in [4.78, 5) is 0. The molecule has 0 aromatic carbocycles. The minimum absolute atomic E-state index is 1.21. The van der Waals surface area contributed by atoms with Gasteiger partial charge in [0, 0.05) is 0 Å². The van der Waals surface area contributed by atoms with Crippen molar-refractivity contribution in [1.29, 1.82) is 0 Å². The summed E-state index contributed by atoms with van der Waals surface area (Å²) in [5.74, 6) is 0. The smallest absolute Gasteiger partial charge is 0.0348 e. The fraction of sp³-hybridized carbons (Fsp3) is 0.529. The van der Waals surface area contributed by atoms with Crippen LogP contribution < -0.4 is 0 Å². The zero-order valence-electron chi connectivity index (χ0n) is 11.4. The Labute approximate surface area is 108 Å². The summed E-state index contributed by atoms with van der Waals surface area (Å²) in [6.07, 6.45) is 25.1. The molecule has 0 bridgehead atoms. The summed E-state index contributed by atoms with van der Waals surface area (Å²) >= 11 is 0. The fourth-order valence-corrected chi connectivity index (χ4v) is 1.67. The maximum Gasteiger partial charge on any atom is -0.0348 e. The average molecular weight is 232 g/mol. The van der Waals surface area contributed by atoms with E-state index in [4.69, 9.17) is 0 Å². The van der Waals surface area contributed by atoms with Crippen molar-refractivity contribution in [1.82, 2.24) is 0 Å². The van der Waals surface area contributed by atoms with Gasteiger partial charge in [-0.1, -0.05) is 94.6 Å². The number of rotatable bonds is 11. The molecule has 0 aromatic rings. The van der Waals surface area contributed by atoms with Crippen LogP contribution in [0.5, 0.6) is 0 Å². The van der Waals surface area contributed by atoms with Crippen molar-refractivity contribution in [2.45, 2.75) is 58.3 Å². The highest BCUT2D eigenvalue weighted by atomic mass is 13.9. The van der Waals surface area contributed by atoms with Crippen LogP contribution in [0.25, 0.3) is 0 Å². The third-order valence-corrected chi connectivity index (χ3v) is 2.69. The van der Waals surface area contributed by atoms with Gasteiger partial charge in [0.15, 0.2) is 0 Å². The van der Waals surface area contributed by atoms with Crippen LogP contribution in [-0.2, 0) is 0 Å². The second-order valence-electron chi connectivity index (χ2n) is 4.34. The topological polar surface area (TPSA) is 0 Å². The average Bonchev–Trinajstić information content (AvgIpc) is 2.35. The Kier molecular flexibility index (Phi) is 14.0. The molecule has 0 radical (unpaired) electrons. The molecule has 0 aromatic heterocycles. The molecule has 0 saturated carbocycles. The summed E-state index contributed by atoms with van der Waals surface area (Å²) in [6.45, 7) is 5.88. The second kappa shape index (κ2) is 15.0. The first-order chi connectivity index (χ1) is 8.41. The lowest BCUT2D eigenvalue weighted by Gasteiger charge is -1.98. The molecule has 0 aliphatic heterocycles. The van der Waals surface area contributed by atoms with E-state index in [1.165, 1.54) is 51.4 Å². The predicted molar refractivity (Wildman–Crippen MR) is 80.2 cm³/mol. The van der Waals surface area contributed by atoms with Gasteiger partial charge in [0.1, 0.15) is 0 Å². The standard InChI is InChI=1S/C17H28/c1-3-5-7-9-11-13-15-17-16-14-12-10-8-6-4-2/h3,5,7,9,11,13,15H,1,4,6,8,10,12,14,16-17H2,2H3/b7-5+,11-9+,15-13+. The molecule has 0 aliphatic rings. The van der Waals surface area contributed by atoms with Gasteiger partial charge in [-0.2, -0.15) is 0 Å². The molecule has 17 heavy (non-hydrogen) atoms. The van der Waals surface area contributed by atoms with Crippen LogP contribution in [-0.4, -0.2) is 0 Å². The van der Waals surface area contributed by atoms with Crippen molar-refractivity contribution >= 4 is 0 Å². The first-order valence-electron chi connectivity index (χ1n) is 7.02. The van der Waals surface area contributed by atoms with E-state index in [0.717, 1.165) is 0 Å². The highest BCUT2D eigenvalue weighted by molar-refractivity contribution is 5.14. The molecule has 0 atom stereocenters. The van der Waals surface area contributed by atoms with Gasteiger partial charge >= 0.3 is 0 Å². The third-order valence-electron chi connectivity index (χ3n) is 2.69. The van der Waals surface area contributed by atoms with E-state index < -0.39 is 0 Å². The molecule has 0 N–H and O–H groups in total. The van der Waals surface area contributed by atoms with E-state index in [9.17, 15) is 0 Å². The van der Waals surface area contributed by atoms with Gasteiger partial charge in [-0.15, -0.1) is 0 Å². The summed E-state index contributed by atoms with van der Waals surface area (Å²) in [6, 6.07) is 0. The molecule has 0 spiro atoms. The molecule has 0 aliphatic carbocycles. The summed E-state index contributed by atoms with van der Waals surface area (Å²) in [7, 11) is 0. The van der Waals surface area contributed by atoms with Crippen LogP contribution in [0.15, 0.2) is 49.1 Å². The van der Waals surface area contributed by atoms with Crippen LogP contribution in [0.3, 0.4) is 0 Å². The molecular formula is C17H28. The zero-order chi connectivity index (χ0) is 12.6. The van der Waals surface area contributed by atoms with Crippen LogP contribution >= 0.6 is 0 Å². The highest BCUT2D eigenvalue weighted by Gasteiger charge is 1.88. The Morgan fingerprint density at radius 3 is 2.00 bits per heavy atom. The number of hydrogen-bond donors (Lipinski definition) is 0. The minimum Gasteiger partial charge on any atom is -0.0991 e. The van der Waals surface area contributed by atoms with E-state index in [-0.39, 0.29) is 0 Å². The molecule has 96 valence electrons. The van der Waals surface area contributed by atoms with Crippen molar-refractivity contribution in [3.8, 4) is 0 Å². The van der Waals surface area contributed by atoms with Gasteiger partial charge in [-0.05, 0) is 12.8 Å². The van der Waals surface area contributed by atoms with E-state index >= 15 is 0 Å². The van der Waals surface area contributed by atoms with Crippen molar-refractivity contribution < 1.29 is 0 Å².